The van der Waals surface area contributed by atoms with E-state index in [2.05, 4.69) is 21.2 Å². The maximum absolute atomic E-state index is 13.3. The average molecular weight is 526 g/mol. The molecule has 0 aliphatic rings. The lowest BCUT2D eigenvalue weighted by atomic mass is 10.1. The van der Waals surface area contributed by atoms with Gasteiger partial charge in [-0.15, -0.1) is 0 Å². The molecule has 0 spiro atoms. The zero-order valence-corrected chi connectivity index (χ0v) is 20.9. The van der Waals surface area contributed by atoms with E-state index < -0.39 is 28.5 Å². The molecule has 0 saturated heterocycles. The highest BCUT2D eigenvalue weighted by Crippen LogP contribution is 2.22. The molecule has 1 atom stereocenters. The third-order valence-corrected chi connectivity index (χ3v) is 6.43. The molecule has 0 bridgehead atoms. The molecule has 0 aliphatic heterocycles. The van der Waals surface area contributed by atoms with Crippen LogP contribution in [0, 0.1) is 0 Å². The summed E-state index contributed by atoms with van der Waals surface area (Å²) in [6.07, 6.45) is 1.04. The summed E-state index contributed by atoms with van der Waals surface area (Å²) in [7, 11) is -2.26. The van der Waals surface area contributed by atoms with E-state index in [1.807, 2.05) is 24.3 Å². The number of nitrogens with one attached hydrogen (secondary N) is 1. The normalized spacial score (nSPS) is 12.0. The number of carbonyl (C=O) groups is 2. The van der Waals surface area contributed by atoms with Crippen molar-refractivity contribution in [3.8, 4) is 5.75 Å². The molecule has 0 aliphatic carbocycles. The van der Waals surface area contributed by atoms with Crippen molar-refractivity contribution in [2.24, 2.45) is 0 Å². The zero-order chi connectivity index (χ0) is 23.9. The smallest absolute Gasteiger partial charge is 0.244 e. The Balaban J connectivity index is 2.37. The van der Waals surface area contributed by atoms with Crippen LogP contribution < -0.4 is 14.4 Å². The van der Waals surface area contributed by atoms with Crippen molar-refractivity contribution >= 4 is 43.5 Å². The van der Waals surface area contributed by atoms with E-state index in [1.165, 1.54) is 12.0 Å². The van der Waals surface area contributed by atoms with Crippen LogP contribution in [0.3, 0.4) is 0 Å². The van der Waals surface area contributed by atoms with Crippen LogP contribution >= 0.6 is 15.9 Å². The van der Waals surface area contributed by atoms with Crippen LogP contribution in [0.1, 0.15) is 19.4 Å². The predicted molar refractivity (Wildman–Crippen MR) is 128 cm³/mol. The molecule has 32 heavy (non-hydrogen) atoms. The van der Waals surface area contributed by atoms with Gasteiger partial charge in [0.2, 0.25) is 21.8 Å². The fourth-order valence-electron chi connectivity index (χ4n) is 3.10. The van der Waals surface area contributed by atoms with Crippen LogP contribution in [0.15, 0.2) is 53.0 Å². The van der Waals surface area contributed by atoms with Gasteiger partial charge >= 0.3 is 0 Å². The minimum Gasteiger partial charge on any atom is -0.497 e. The van der Waals surface area contributed by atoms with Gasteiger partial charge in [-0.2, -0.15) is 0 Å². The van der Waals surface area contributed by atoms with Crippen LogP contribution in [0.4, 0.5) is 5.69 Å². The number of rotatable bonds is 10. The number of carbonyl (C=O) groups excluding carboxylic acids is 2. The number of anilines is 1. The van der Waals surface area contributed by atoms with Gasteiger partial charge in [0.25, 0.3) is 0 Å². The number of benzene rings is 2. The molecule has 0 fully saturated rings. The van der Waals surface area contributed by atoms with E-state index in [1.54, 1.807) is 38.1 Å². The summed E-state index contributed by atoms with van der Waals surface area (Å²) in [5, 5.41) is 2.72. The quantitative estimate of drug-likeness (QED) is 0.514. The zero-order valence-electron chi connectivity index (χ0n) is 18.5. The predicted octanol–water partition coefficient (Wildman–Crippen LogP) is 2.78. The van der Waals surface area contributed by atoms with Crippen LogP contribution in [0.5, 0.6) is 5.75 Å². The van der Waals surface area contributed by atoms with E-state index in [9.17, 15) is 18.0 Å². The van der Waals surface area contributed by atoms with Crippen LogP contribution in [-0.2, 0) is 26.2 Å². The van der Waals surface area contributed by atoms with Gasteiger partial charge in [-0.3, -0.25) is 13.9 Å². The molecular weight excluding hydrogens is 498 g/mol. The first-order valence-electron chi connectivity index (χ1n) is 10.00. The molecule has 2 rings (SSSR count). The third kappa shape index (κ3) is 6.96. The number of ether oxygens (including phenoxy) is 1. The highest BCUT2D eigenvalue weighted by Gasteiger charge is 2.29. The molecule has 0 aromatic heterocycles. The topological polar surface area (TPSA) is 96.0 Å². The lowest BCUT2D eigenvalue weighted by Gasteiger charge is -2.31. The monoisotopic (exact) mass is 525 g/mol. The van der Waals surface area contributed by atoms with Crippen molar-refractivity contribution in [3.63, 3.8) is 0 Å². The third-order valence-electron chi connectivity index (χ3n) is 4.80. The van der Waals surface area contributed by atoms with Gasteiger partial charge in [0.05, 0.1) is 19.1 Å². The molecular formula is C22H28BrN3O5S. The molecule has 0 unspecified atom stereocenters. The molecule has 1 N–H and O–H groups in total. The minimum atomic E-state index is -3.76. The Morgan fingerprint density at radius 3 is 2.34 bits per heavy atom. The highest BCUT2D eigenvalue weighted by atomic mass is 79.9. The van der Waals surface area contributed by atoms with E-state index >= 15 is 0 Å². The van der Waals surface area contributed by atoms with Crippen molar-refractivity contribution in [2.45, 2.75) is 26.4 Å². The fourth-order valence-corrected chi connectivity index (χ4v) is 4.40. The summed E-state index contributed by atoms with van der Waals surface area (Å²) in [5.41, 5.74) is 1.13. The fraction of sp³-hybridized carbons (Fsp3) is 0.364. The summed E-state index contributed by atoms with van der Waals surface area (Å²) in [6.45, 7) is 3.54. The second-order valence-electron chi connectivity index (χ2n) is 7.19. The van der Waals surface area contributed by atoms with E-state index in [-0.39, 0.29) is 12.5 Å². The number of hydrogen-bond donors (Lipinski definition) is 1. The Bertz CT molecular complexity index is 1040. The number of amides is 2. The molecule has 0 saturated carbocycles. The van der Waals surface area contributed by atoms with Gasteiger partial charge in [-0.05, 0) is 55.8 Å². The Kier molecular flexibility index (Phi) is 9.09. The van der Waals surface area contributed by atoms with Gasteiger partial charge in [-0.25, -0.2) is 8.42 Å². The largest absolute Gasteiger partial charge is 0.497 e. The molecule has 2 aromatic carbocycles. The molecule has 10 heteroatoms. The number of hydrogen-bond acceptors (Lipinski definition) is 5. The van der Waals surface area contributed by atoms with Crippen molar-refractivity contribution in [2.75, 3.05) is 30.8 Å². The lowest BCUT2D eigenvalue weighted by Crippen LogP contribution is -2.51. The first-order chi connectivity index (χ1) is 15.1. The second kappa shape index (κ2) is 11.3. The summed E-state index contributed by atoms with van der Waals surface area (Å²) in [4.78, 5) is 27.2. The number of methoxy groups -OCH3 is 1. The number of nitrogens with zero attached hydrogens (tertiary/aromatic N) is 2. The second-order valence-corrected chi connectivity index (χ2v) is 10.0. The SMILES string of the molecule is CCNC(=O)[C@H](C)N(Cc1cccc(Br)c1)C(=O)CN(c1ccc(OC)cc1)S(C)(=O)=O. The van der Waals surface area contributed by atoms with E-state index in [0.717, 1.165) is 20.6 Å². The van der Waals surface area contributed by atoms with Crippen LogP contribution in [0.2, 0.25) is 0 Å². The number of likely N-dealkylation sites (N-methyl/N-ethyl adjacent to an activating group) is 1. The molecule has 0 radical (unpaired) electrons. The summed E-state index contributed by atoms with van der Waals surface area (Å²) in [6, 6.07) is 13.0. The number of halogens is 1. The van der Waals surface area contributed by atoms with E-state index in [0.29, 0.717) is 18.0 Å². The van der Waals surface area contributed by atoms with Crippen molar-refractivity contribution in [1.82, 2.24) is 10.2 Å². The summed E-state index contributed by atoms with van der Waals surface area (Å²) < 4.78 is 32.0. The molecule has 0 heterocycles. The maximum atomic E-state index is 13.3. The van der Waals surface area contributed by atoms with Gasteiger partial charge in [-0.1, -0.05) is 28.1 Å². The Morgan fingerprint density at radius 1 is 1.16 bits per heavy atom. The molecule has 8 nitrogen and oxygen atoms in total. The van der Waals surface area contributed by atoms with E-state index in [4.69, 9.17) is 4.74 Å². The van der Waals surface area contributed by atoms with Gasteiger partial charge in [0.15, 0.2) is 0 Å². The van der Waals surface area contributed by atoms with Gasteiger partial charge < -0.3 is 15.0 Å². The Labute approximate surface area is 197 Å². The first-order valence-corrected chi connectivity index (χ1v) is 12.6. The highest BCUT2D eigenvalue weighted by molar-refractivity contribution is 9.10. The summed E-state index contributed by atoms with van der Waals surface area (Å²) in [5.74, 6) is -0.245. The summed E-state index contributed by atoms with van der Waals surface area (Å²) >= 11 is 3.41. The van der Waals surface area contributed by atoms with Gasteiger partial charge in [0.1, 0.15) is 18.3 Å². The molecule has 2 amide bonds. The molecule has 174 valence electrons. The van der Waals surface area contributed by atoms with Crippen LogP contribution in [-0.4, -0.2) is 57.6 Å². The van der Waals surface area contributed by atoms with Crippen molar-refractivity contribution in [3.05, 3.63) is 58.6 Å². The lowest BCUT2D eigenvalue weighted by molar-refractivity contribution is -0.139. The minimum absolute atomic E-state index is 0.150. The maximum Gasteiger partial charge on any atom is 0.244 e. The average Bonchev–Trinajstić information content (AvgIpc) is 2.74. The van der Waals surface area contributed by atoms with Crippen molar-refractivity contribution in [1.29, 1.82) is 0 Å². The number of sulfonamides is 1. The van der Waals surface area contributed by atoms with Crippen LogP contribution in [0.25, 0.3) is 0 Å². The Hall–Kier alpha value is -2.59. The van der Waals surface area contributed by atoms with Gasteiger partial charge in [0, 0.05) is 17.6 Å². The first kappa shape index (κ1) is 25.7. The molecule has 2 aromatic rings. The van der Waals surface area contributed by atoms with Crippen molar-refractivity contribution < 1.29 is 22.7 Å². The Morgan fingerprint density at radius 2 is 1.81 bits per heavy atom. The standard InChI is InChI=1S/C22H28BrN3O5S/c1-5-24-22(28)16(2)25(14-17-7-6-8-18(23)13-17)21(27)15-26(32(4,29)30)19-9-11-20(31-3)12-10-19/h6-13,16H,5,14-15H2,1-4H3,(H,24,28)/t16-/m0/s1.